The molecule has 0 bridgehead atoms. The number of ether oxygens (including phenoxy) is 2. The first-order valence-corrected chi connectivity index (χ1v) is 7.05. The first kappa shape index (κ1) is 15.3. The lowest BCUT2D eigenvalue weighted by atomic mass is 9.95. The second-order valence-electron chi connectivity index (χ2n) is 5.92. The Labute approximate surface area is 119 Å². The molecule has 1 aliphatic carbocycles. The molecule has 0 aromatic carbocycles. The van der Waals surface area contributed by atoms with Crippen LogP contribution >= 0.6 is 0 Å². The zero-order chi connectivity index (χ0) is 14.9. The fourth-order valence-corrected chi connectivity index (χ4v) is 3.45. The van der Waals surface area contributed by atoms with Gasteiger partial charge in [0.25, 0.3) is 0 Å². The Hall–Kier alpha value is -1.14. The standard InChI is InChI=1S/C14H23NO5/c1-8-4-9(10(5-8)14(17)18)13(16)15-6-11(19-2)12(7-15)20-3/h8-12H,4-7H2,1-3H3,(H,17,18). The minimum Gasteiger partial charge on any atom is -0.481 e. The molecule has 2 fully saturated rings. The van der Waals surface area contributed by atoms with Gasteiger partial charge in [0.2, 0.25) is 5.91 Å². The zero-order valence-corrected chi connectivity index (χ0v) is 12.2. The van der Waals surface area contributed by atoms with E-state index in [-0.39, 0.29) is 24.0 Å². The third-order valence-electron chi connectivity index (χ3n) is 4.57. The first-order chi connectivity index (χ1) is 9.47. The van der Waals surface area contributed by atoms with Gasteiger partial charge in [-0.15, -0.1) is 0 Å². The lowest BCUT2D eigenvalue weighted by molar-refractivity contribution is -0.148. The maximum Gasteiger partial charge on any atom is 0.307 e. The van der Waals surface area contributed by atoms with Crippen LogP contribution in [-0.4, -0.2) is 61.4 Å². The van der Waals surface area contributed by atoms with Crippen molar-refractivity contribution < 1.29 is 24.2 Å². The van der Waals surface area contributed by atoms with E-state index in [1.54, 1.807) is 19.1 Å². The van der Waals surface area contributed by atoms with Gasteiger partial charge in [-0.3, -0.25) is 9.59 Å². The lowest BCUT2D eigenvalue weighted by Crippen LogP contribution is -2.38. The van der Waals surface area contributed by atoms with Gasteiger partial charge in [-0.25, -0.2) is 0 Å². The van der Waals surface area contributed by atoms with Crippen molar-refractivity contribution in [3.8, 4) is 0 Å². The molecule has 2 rings (SSSR count). The molecule has 1 aliphatic heterocycles. The maximum atomic E-state index is 12.6. The van der Waals surface area contributed by atoms with E-state index in [0.717, 1.165) is 0 Å². The molecule has 1 saturated heterocycles. The average molecular weight is 285 g/mol. The van der Waals surface area contributed by atoms with Gasteiger partial charge in [0.1, 0.15) is 12.2 Å². The number of amides is 1. The predicted molar refractivity (Wildman–Crippen MR) is 71.2 cm³/mol. The van der Waals surface area contributed by atoms with Crippen LogP contribution in [-0.2, 0) is 19.1 Å². The van der Waals surface area contributed by atoms with Gasteiger partial charge in [0.05, 0.1) is 11.8 Å². The van der Waals surface area contributed by atoms with Crippen LogP contribution in [0, 0.1) is 17.8 Å². The summed E-state index contributed by atoms with van der Waals surface area (Å²) in [6.45, 7) is 2.96. The molecular formula is C14H23NO5. The van der Waals surface area contributed by atoms with Crippen LogP contribution in [0.5, 0.6) is 0 Å². The smallest absolute Gasteiger partial charge is 0.307 e. The molecular weight excluding hydrogens is 262 g/mol. The van der Waals surface area contributed by atoms with E-state index in [2.05, 4.69) is 0 Å². The SMILES string of the molecule is COC1CN(C(=O)C2CC(C)CC2C(=O)O)CC1OC. The summed E-state index contributed by atoms with van der Waals surface area (Å²) in [5, 5.41) is 9.27. The number of methoxy groups -OCH3 is 2. The third kappa shape index (κ3) is 2.81. The number of carboxylic acid groups (broad SMARTS) is 1. The monoisotopic (exact) mass is 285 g/mol. The predicted octanol–water partition coefficient (Wildman–Crippen LogP) is 0.606. The molecule has 0 aromatic heterocycles. The summed E-state index contributed by atoms with van der Waals surface area (Å²) in [6, 6.07) is 0. The normalized spacial score (nSPS) is 37.4. The van der Waals surface area contributed by atoms with Crippen LogP contribution in [0.1, 0.15) is 19.8 Å². The van der Waals surface area contributed by atoms with Gasteiger partial charge >= 0.3 is 5.97 Å². The summed E-state index contributed by atoms with van der Waals surface area (Å²) in [5.74, 6) is -1.61. The number of nitrogens with zero attached hydrogens (tertiary/aromatic N) is 1. The van der Waals surface area contributed by atoms with Crippen LogP contribution in [0.25, 0.3) is 0 Å². The van der Waals surface area contributed by atoms with Crippen molar-refractivity contribution in [2.45, 2.75) is 32.0 Å². The summed E-state index contributed by atoms with van der Waals surface area (Å²) < 4.78 is 10.6. The molecule has 5 unspecified atom stereocenters. The van der Waals surface area contributed by atoms with Crippen molar-refractivity contribution in [3.63, 3.8) is 0 Å². The van der Waals surface area contributed by atoms with Crippen molar-refractivity contribution in [2.75, 3.05) is 27.3 Å². The number of hydrogen-bond donors (Lipinski definition) is 1. The van der Waals surface area contributed by atoms with Crippen LogP contribution in [0.2, 0.25) is 0 Å². The Bertz CT molecular complexity index is 374. The van der Waals surface area contributed by atoms with E-state index >= 15 is 0 Å². The third-order valence-corrected chi connectivity index (χ3v) is 4.57. The Kier molecular flexibility index (Phi) is 4.65. The average Bonchev–Trinajstić information content (AvgIpc) is 3.00. The Balaban J connectivity index is 2.06. The highest BCUT2D eigenvalue weighted by Gasteiger charge is 2.45. The molecule has 1 N–H and O–H groups in total. The van der Waals surface area contributed by atoms with Crippen molar-refractivity contribution >= 4 is 11.9 Å². The van der Waals surface area contributed by atoms with E-state index in [1.807, 2.05) is 6.92 Å². The van der Waals surface area contributed by atoms with Gasteiger partial charge in [-0.2, -0.15) is 0 Å². The molecule has 2 aliphatic rings. The highest BCUT2D eigenvalue weighted by Crippen LogP contribution is 2.38. The van der Waals surface area contributed by atoms with Gasteiger partial charge in [-0.1, -0.05) is 6.92 Å². The lowest BCUT2D eigenvalue weighted by Gasteiger charge is -2.22. The number of rotatable bonds is 4. The Morgan fingerprint density at radius 2 is 1.55 bits per heavy atom. The minimum absolute atomic E-state index is 0.0663. The molecule has 0 spiro atoms. The van der Waals surface area contributed by atoms with Crippen molar-refractivity contribution in [2.24, 2.45) is 17.8 Å². The van der Waals surface area contributed by atoms with Gasteiger partial charge in [0, 0.05) is 27.3 Å². The van der Waals surface area contributed by atoms with Gasteiger partial charge < -0.3 is 19.5 Å². The highest BCUT2D eigenvalue weighted by atomic mass is 16.5. The second kappa shape index (κ2) is 6.10. The molecule has 0 radical (unpaired) electrons. The fourth-order valence-electron chi connectivity index (χ4n) is 3.45. The van der Waals surface area contributed by atoms with E-state index in [0.29, 0.717) is 25.9 Å². The summed E-state index contributed by atoms with van der Waals surface area (Å²) in [7, 11) is 3.20. The van der Waals surface area contributed by atoms with E-state index in [9.17, 15) is 14.7 Å². The van der Waals surface area contributed by atoms with Gasteiger partial charge in [0.15, 0.2) is 0 Å². The topological polar surface area (TPSA) is 76.1 Å². The number of likely N-dealkylation sites (tertiary alicyclic amines) is 1. The van der Waals surface area contributed by atoms with Crippen LogP contribution < -0.4 is 0 Å². The largest absolute Gasteiger partial charge is 0.481 e. The number of carbonyl (C=O) groups excluding carboxylic acids is 1. The van der Waals surface area contributed by atoms with E-state index in [4.69, 9.17) is 9.47 Å². The van der Waals surface area contributed by atoms with E-state index < -0.39 is 17.8 Å². The molecule has 1 saturated carbocycles. The number of hydrogen-bond acceptors (Lipinski definition) is 4. The molecule has 114 valence electrons. The summed E-state index contributed by atoms with van der Waals surface area (Å²) >= 11 is 0. The van der Waals surface area contributed by atoms with Crippen LogP contribution in [0.15, 0.2) is 0 Å². The number of aliphatic carboxylic acids is 1. The summed E-state index contributed by atoms with van der Waals surface area (Å²) in [4.78, 5) is 25.6. The highest BCUT2D eigenvalue weighted by molar-refractivity contribution is 5.85. The van der Waals surface area contributed by atoms with Crippen molar-refractivity contribution in [1.82, 2.24) is 4.90 Å². The molecule has 6 heteroatoms. The second-order valence-corrected chi connectivity index (χ2v) is 5.92. The molecule has 0 aromatic rings. The zero-order valence-electron chi connectivity index (χ0n) is 12.2. The van der Waals surface area contributed by atoms with Crippen LogP contribution in [0.3, 0.4) is 0 Å². The molecule has 20 heavy (non-hydrogen) atoms. The van der Waals surface area contributed by atoms with Crippen molar-refractivity contribution in [1.29, 1.82) is 0 Å². The minimum atomic E-state index is -0.863. The fraction of sp³-hybridized carbons (Fsp3) is 0.857. The van der Waals surface area contributed by atoms with Crippen molar-refractivity contribution in [3.05, 3.63) is 0 Å². The Morgan fingerprint density at radius 1 is 1.05 bits per heavy atom. The first-order valence-electron chi connectivity index (χ1n) is 7.05. The quantitative estimate of drug-likeness (QED) is 0.819. The number of carbonyl (C=O) groups is 2. The maximum absolute atomic E-state index is 12.6. The number of carboxylic acids is 1. The molecule has 6 nitrogen and oxygen atoms in total. The van der Waals surface area contributed by atoms with E-state index in [1.165, 1.54) is 0 Å². The molecule has 1 heterocycles. The summed E-state index contributed by atoms with van der Waals surface area (Å²) in [6.07, 6.45) is 0.972. The van der Waals surface area contributed by atoms with Gasteiger partial charge in [-0.05, 0) is 18.8 Å². The Morgan fingerprint density at radius 3 is 2.00 bits per heavy atom. The molecule has 1 amide bonds. The molecule has 5 atom stereocenters. The summed E-state index contributed by atoms with van der Waals surface area (Å²) in [5.41, 5.74) is 0. The van der Waals surface area contributed by atoms with Crippen LogP contribution in [0.4, 0.5) is 0 Å².